The van der Waals surface area contributed by atoms with Crippen LogP contribution in [0.5, 0.6) is 0 Å². The molecule has 0 radical (unpaired) electrons. The molecular formula is C15H21N3O. The molecule has 0 saturated carbocycles. The van der Waals surface area contributed by atoms with Crippen LogP contribution in [-0.2, 0) is 11.3 Å². The highest BCUT2D eigenvalue weighted by Gasteiger charge is 2.07. The Morgan fingerprint density at radius 1 is 1.37 bits per heavy atom. The number of nitrogens with zero attached hydrogens (tertiary/aromatic N) is 1. The fourth-order valence-corrected chi connectivity index (χ4v) is 1.67. The van der Waals surface area contributed by atoms with E-state index in [0.717, 1.165) is 18.7 Å². The van der Waals surface area contributed by atoms with Gasteiger partial charge in [0, 0.05) is 19.2 Å². The Balaban J connectivity index is 2.62. The molecule has 4 heteroatoms. The third-order valence-corrected chi connectivity index (χ3v) is 2.79. The zero-order chi connectivity index (χ0) is 14.1. The lowest BCUT2D eigenvalue weighted by Gasteiger charge is -2.19. The van der Waals surface area contributed by atoms with E-state index in [4.69, 9.17) is 5.73 Å². The van der Waals surface area contributed by atoms with E-state index in [1.807, 2.05) is 31.2 Å². The van der Waals surface area contributed by atoms with Crippen molar-refractivity contribution in [2.24, 2.45) is 5.73 Å². The minimum absolute atomic E-state index is 0.0345. The van der Waals surface area contributed by atoms with Crippen molar-refractivity contribution in [1.82, 2.24) is 10.2 Å². The molecule has 4 nitrogen and oxygen atoms in total. The Bertz CT molecular complexity index is 457. The molecule has 0 atom stereocenters. The Morgan fingerprint density at radius 2 is 2.05 bits per heavy atom. The summed E-state index contributed by atoms with van der Waals surface area (Å²) in [5.41, 5.74) is 7.46. The molecule has 3 N–H and O–H groups in total. The highest BCUT2D eigenvalue weighted by Crippen LogP contribution is 2.06. The number of rotatable bonds is 5. The van der Waals surface area contributed by atoms with Crippen molar-refractivity contribution < 1.29 is 4.79 Å². The van der Waals surface area contributed by atoms with E-state index in [-0.39, 0.29) is 5.91 Å². The predicted octanol–water partition coefficient (Wildman–Crippen LogP) is 0.565. The number of nitrogens with two attached hydrogens (primary N) is 1. The summed E-state index contributed by atoms with van der Waals surface area (Å²) in [6, 6.07) is 8.03. The number of amides is 1. The molecule has 0 aliphatic carbocycles. The van der Waals surface area contributed by atoms with Crippen molar-refractivity contribution >= 4 is 5.91 Å². The van der Waals surface area contributed by atoms with Gasteiger partial charge in [-0.2, -0.15) is 0 Å². The second kappa shape index (κ2) is 8.30. The zero-order valence-electron chi connectivity index (χ0n) is 11.6. The molecule has 1 aromatic carbocycles. The van der Waals surface area contributed by atoms with Crippen molar-refractivity contribution in [1.29, 1.82) is 0 Å². The molecule has 0 heterocycles. The van der Waals surface area contributed by atoms with Crippen LogP contribution in [0.15, 0.2) is 24.3 Å². The molecule has 0 fully saturated rings. The van der Waals surface area contributed by atoms with Gasteiger partial charge in [-0.25, -0.2) is 0 Å². The zero-order valence-corrected chi connectivity index (χ0v) is 11.6. The third-order valence-electron chi connectivity index (χ3n) is 2.79. The van der Waals surface area contributed by atoms with Crippen molar-refractivity contribution in [3.8, 4) is 11.8 Å². The van der Waals surface area contributed by atoms with Gasteiger partial charge in [-0.15, -0.1) is 0 Å². The van der Waals surface area contributed by atoms with Gasteiger partial charge in [0.2, 0.25) is 5.91 Å². The average molecular weight is 259 g/mol. The first-order chi connectivity index (χ1) is 9.19. The summed E-state index contributed by atoms with van der Waals surface area (Å²) < 4.78 is 0. The molecule has 0 saturated heterocycles. The molecule has 0 unspecified atom stereocenters. The maximum absolute atomic E-state index is 11.4. The summed E-state index contributed by atoms with van der Waals surface area (Å²) in [5.74, 6) is 5.85. The van der Waals surface area contributed by atoms with E-state index < -0.39 is 0 Å². The highest BCUT2D eigenvalue weighted by molar-refractivity contribution is 5.77. The predicted molar refractivity (Wildman–Crippen MR) is 77.4 cm³/mol. The van der Waals surface area contributed by atoms with Crippen molar-refractivity contribution in [2.45, 2.75) is 13.5 Å². The topological polar surface area (TPSA) is 58.4 Å². The fraction of sp³-hybridized carbons (Fsp3) is 0.400. The number of carbonyl (C=O) groups excluding carboxylic acids is 1. The van der Waals surface area contributed by atoms with E-state index in [0.29, 0.717) is 13.1 Å². The summed E-state index contributed by atoms with van der Waals surface area (Å²) in [7, 11) is 1.65. The maximum Gasteiger partial charge on any atom is 0.233 e. The first kappa shape index (κ1) is 15.2. The first-order valence-corrected chi connectivity index (χ1v) is 6.40. The summed E-state index contributed by atoms with van der Waals surface area (Å²) in [5, 5.41) is 2.64. The van der Waals surface area contributed by atoms with Gasteiger partial charge in [0.1, 0.15) is 0 Å². The minimum atomic E-state index is 0.0345. The molecule has 0 aromatic heterocycles. The van der Waals surface area contributed by atoms with Crippen molar-refractivity contribution in [3.05, 3.63) is 35.4 Å². The lowest BCUT2D eigenvalue weighted by atomic mass is 10.1. The summed E-state index contributed by atoms with van der Waals surface area (Å²) in [4.78, 5) is 13.4. The summed E-state index contributed by atoms with van der Waals surface area (Å²) >= 11 is 0. The van der Waals surface area contributed by atoms with E-state index in [9.17, 15) is 4.79 Å². The molecular weight excluding hydrogens is 238 g/mol. The van der Waals surface area contributed by atoms with E-state index in [2.05, 4.69) is 22.1 Å². The Labute approximate surface area is 115 Å². The monoisotopic (exact) mass is 259 g/mol. The molecule has 1 aromatic rings. The van der Waals surface area contributed by atoms with Gasteiger partial charge in [-0.1, -0.05) is 30.9 Å². The number of hydrogen-bond donors (Lipinski definition) is 2. The van der Waals surface area contributed by atoms with Gasteiger partial charge in [-0.05, 0) is 24.2 Å². The smallest absolute Gasteiger partial charge is 0.233 e. The first-order valence-electron chi connectivity index (χ1n) is 6.40. The maximum atomic E-state index is 11.4. The molecule has 1 amide bonds. The number of benzene rings is 1. The van der Waals surface area contributed by atoms with E-state index >= 15 is 0 Å². The molecule has 1 rings (SSSR count). The van der Waals surface area contributed by atoms with Crippen molar-refractivity contribution in [2.75, 3.05) is 26.7 Å². The van der Waals surface area contributed by atoms with Crippen LogP contribution in [-0.4, -0.2) is 37.5 Å². The van der Waals surface area contributed by atoms with Crippen LogP contribution in [0.1, 0.15) is 18.1 Å². The van der Waals surface area contributed by atoms with Gasteiger partial charge >= 0.3 is 0 Å². The third kappa shape index (κ3) is 5.56. The van der Waals surface area contributed by atoms with Crippen LogP contribution >= 0.6 is 0 Å². The van der Waals surface area contributed by atoms with Gasteiger partial charge in [0.25, 0.3) is 0 Å². The van der Waals surface area contributed by atoms with Gasteiger partial charge in [0.15, 0.2) is 0 Å². The Morgan fingerprint density at radius 3 is 2.58 bits per heavy atom. The standard InChI is InChI=1S/C15H21N3O/c1-3-18(12-15(19)17-2)11-14-8-6-13(7-9-14)5-4-10-16/h6-9H,3,10-12,16H2,1-2H3,(H,17,19). The number of likely N-dealkylation sites (N-methyl/N-ethyl adjacent to an activating group) is 2. The van der Waals surface area contributed by atoms with E-state index in [1.54, 1.807) is 7.05 Å². The summed E-state index contributed by atoms with van der Waals surface area (Å²) in [6.07, 6.45) is 0. The number of hydrogen-bond acceptors (Lipinski definition) is 3. The van der Waals surface area contributed by atoms with Gasteiger partial charge in [-0.3, -0.25) is 9.69 Å². The number of nitrogens with one attached hydrogen (secondary N) is 1. The van der Waals surface area contributed by atoms with E-state index in [1.165, 1.54) is 5.56 Å². The Kier molecular flexibility index (Phi) is 6.65. The SMILES string of the molecule is CCN(CC(=O)NC)Cc1ccc(C#CCN)cc1. The van der Waals surface area contributed by atoms with Crippen LogP contribution in [0.25, 0.3) is 0 Å². The average Bonchev–Trinajstić information content (AvgIpc) is 2.45. The molecule has 19 heavy (non-hydrogen) atoms. The quantitative estimate of drug-likeness (QED) is 0.760. The molecule has 102 valence electrons. The van der Waals surface area contributed by atoms with Crippen LogP contribution in [0.3, 0.4) is 0 Å². The lowest BCUT2D eigenvalue weighted by molar-refractivity contribution is -0.121. The van der Waals surface area contributed by atoms with Crippen LogP contribution in [0, 0.1) is 11.8 Å². The number of carbonyl (C=O) groups is 1. The molecule has 0 spiro atoms. The van der Waals surface area contributed by atoms with Gasteiger partial charge in [0.05, 0.1) is 13.1 Å². The fourth-order valence-electron chi connectivity index (χ4n) is 1.67. The largest absolute Gasteiger partial charge is 0.358 e. The molecule has 0 aliphatic heterocycles. The van der Waals surface area contributed by atoms with Crippen LogP contribution in [0.2, 0.25) is 0 Å². The second-order valence-electron chi connectivity index (χ2n) is 4.18. The van der Waals surface area contributed by atoms with Crippen LogP contribution in [0.4, 0.5) is 0 Å². The minimum Gasteiger partial charge on any atom is -0.358 e. The summed E-state index contributed by atoms with van der Waals surface area (Å²) in [6.45, 7) is 4.43. The highest BCUT2D eigenvalue weighted by atomic mass is 16.1. The lowest BCUT2D eigenvalue weighted by Crippen LogP contribution is -2.35. The second-order valence-corrected chi connectivity index (χ2v) is 4.18. The van der Waals surface area contributed by atoms with Gasteiger partial charge < -0.3 is 11.1 Å². The van der Waals surface area contributed by atoms with Crippen LogP contribution < -0.4 is 11.1 Å². The normalized spacial score (nSPS) is 9.89. The molecule has 0 aliphatic rings. The Hall–Kier alpha value is -1.83. The van der Waals surface area contributed by atoms with Crippen molar-refractivity contribution in [3.63, 3.8) is 0 Å². The molecule has 0 bridgehead atoms.